The molecule has 1 aliphatic rings. The molecule has 0 radical (unpaired) electrons. The normalized spacial score (nSPS) is 16.5. The van der Waals surface area contributed by atoms with E-state index in [1.807, 2.05) is 29.7 Å². The quantitative estimate of drug-likeness (QED) is 0.908. The van der Waals surface area contributed by atoms with E-state index in [-0.39, 0.29) is 0 Å². The van der Waals surface area contributed by atoms with E-state index in [1.165, 1.54) is 11.5 Å². The number of hydrogen-bond acceptors (Lipinski definition) is 6. The van der Waals surface area contributed by atoms with Gasteiger partial charge in [0.25, 0.3) is 0 Å². The fourth-order valence-electron chi connectivity index (χ4n) is 2.48. The lowest BCUT2D eigenvalue weighted by Gasteiger charge is -2.25. The largest absolute Gasteiger partial charge is 0.369 e. The number of thioether (sulfide) groups is 1. The van der Waals surface area contributed by atoms with Gasteiger partial charge in [-0.25, -0.2) is 9.97 Å². The number of hydrogen-bond donors (Lipinski definition) is 1. The van der Waals surface area contributed by atoms with Gasteiger partial charge in [0.1, 0.15) is 11.6 Å². The van der Waals surface area contributed by atoms with Crippen molar-refractivity contribution in [3.8, 4) is 0 Å². The molecule has 0 spiro atoms. The topological polar surface area (TPSA) is 58.9 Å². The molecule has 2 aromatic rings. The Labute approximate surface area is 129 Å². The van der Waals surface area contributed by atoms with Crippen LogP contribution in [0.2, 0.25) is 0 Å². The molecule has 0 unspecified atom stereocenters. The lowest BCUT2D eigenvalue weighted by Crippen LogP contribution is -2.32. The van der Waals surface area contributed by atoms with E-state index in [2.05, 4.69) is 22.2 Å². The van der Waals surface area contributed by atoms with E-state index in [1.54, 1.807) is 0 Å². The van der Waals surface area contributed by atoms with Crippen LogP contribution in [0.4, 0.5) is 5.82 Å². The molecule has 114 valence electrons. The summed E-state index contributed by atoms with van der Waals surface area (Å²) >= 11 is 2.02. The van der Waals surface area contributed by atoms with Crippen molar-refractivity contribution in [3.05, 3.63) is 12.0 Å². The number of fused-ring (bicyclic) bond motifs is 1. The highest BCUT2D eigenvalue weighted by Gasteiger charge is 2.15. The van der Waals surface area contributed by atoms with Crippen molar-refractivity contribution >= 4 is 28.6 Å². The fourth-order valence-corrected chi connectivity index (χ4v) is 3.45. The number of anilines is 1. The van der Waals surface area contributed by atoms with Crippen LogP contribution in [0.1, 0.15) is 19.2 Å². The van der Waals surface area contributed by atoms with Crippen molar-refractivity contribution in [2.75, 3.05) is 36.5 Å². The minimum Gasteiger partial charge on any atom is -0.369 e. The van der Waals surface area contributed by atoms with Crippen molar-refractivity contribution < 1.29 is 0 Å². The van der Waals surface area contributed by atoms with Crippen LogP contribution in [0.25, 0.3) is 11.0 Å². The number of nitrogens with zero attached hydrogens (tertiary/aromatic N) is 5. The van der Waals surface area contributed by atoms with Crippen molar-refractivity contribution in [3.63, 3.8) is 0 Å². The smallest absolute Gasteiger partial charge is 0.163 e. The summed E-state index contributed by atoms with van der Waals surface area (Å²) in [6.07, 6.45) is 2.92. The molecule has 0 amide bonds. The van der Waals surface area contributed by atoms with Gasteiger partial charge in [0.15, 0.2) is 5.65 Å². The van der Waals surface area contributed by atoms with Crippen molar-refractivity contribution in [2.45, 2.75) is 19.9 Å². The third-order valence-electron chi connectivity index (χ3n) is 3.65. The molecule has 1 aliphatic heterocycles. The maximum atomic E-state index is 4.72. The van der Waals surface area contributed by atoms with E-state index in [0.29, 0.717) is 0 Å². The van der Waals surface area contributed by atoms with Gasteiger partial charge >= 0.3 is 0 Å². The molecule has 0 atom stereocenters. The summed E-state index contributed by atoms with van der Waals surface area (Å²) in [5.41, 5.74) is 0.907. The summed E-state index contributed by atoms with van der Waals surface area (Å²) in [6, 6.07) is 0. The van der Waals surface area contributed by atoms with Crippen molar-refractivity contribution in [1.82, 2.24) is 24.6 Å². The predicted molar refractivity (Wildman–Crippen MR) is 87.7 cm³/mol. The maximum absolute atomic E-state index is 4.72. The van der Waals surface area contributed by atoms with Crippen LogP contribution >= 0.6 is 11.8 Å². The van der Waals surface area contributed by atoms with Crippen LogP contribution in [0, 0.1) is 0 Å². The summed E-state index contributed by atoms with van der Waals surface area (Å²) in [5.74, 6) is 4.21. The SMILES string of the molecule is CCCNc1nc(CN2CCSCC2)nc2c1cnn2C. The Morgan fingerprint density at radius 2 is 2.10 bits per heavy atom. The first kappa shape index (κ1) is 14.6. The Balaban J connectivity index is 1.88. The first-order chi connectivity index (χ1) is 10.3. The molecule has 1 fully saturated rings. The summed E-state index contributed by atoms with van der Waals surface area (Å²) in [7, 11) is 1.93. The second-order valence-electron chi connectivity index (χ2n) is 5.31. The monoisotopic (exact) mass is 306 g/mol. The third kappa shape index (κ3) is 3.29. The standard InChI is InChI=1S/C14H22N6S/c1-3-4-15-13-11-9-16-19(2)14(11)18-12(17-13)10-20-5-7-21-8-6-20/h9H,3-8,10H2,1-2H3,(H,15,17,18). The van der Waals surface area contributed by atoms with E-state index in [0.717, 1.165) is 55.3 Å². The number of rotatable bonds is 5. The van der Waals surface area contributed by atoms with E-state index in [9.17, 15) is 0 Å². The molecule has 3 heterocycles. The van der Waals surface area contributed by atoms with Crippen LogP contribution in [0.15, 0.2) is 6.20 Å². The highest BCUT2D eigenvalue weighted by Crippen LogP contribution is 2.20. The second-order valence-corrected chi connectivity index (χ2v) is 6.53. The number of aromatic nitrogens is 4. The van der Waals surface area contributed by atoms with Crippen LogP contribution in [0.5, 0.6) is 0 Å². The fraction of sp³-hybridized carbons (Fsp3) is 0.643. The maximum Gasteiger partial charge on any atom is 0.163 e. The van der Waals surface area contributed by atoms with Gasteiger partial charge < -0.3 is 5.32 Å². The lowest BCUT2D eigenvalue weighted by atomic mass is 10.3. The lowest BCUT2D eigenvalue weighted by molar-refractivity contribution is 0.287. The van der Waals surface area contributed by atoms with Crippen molar-refractivity contribution in [2.24, 2.45) is 7.05 Å². The van der Waals surface area contributed by atoms with Gasteiger partial charge in [0, 0.05) is 38.2 Å². The van der Waals surface area contributed by atoms with Gasteiger partial charge in [-0.2, -0.15) is 16.9 Å². The Bertz CT molecular complexity index is 605. The molecule has 1 N–H and O–H groups in total. The Morgan fingerprint density at radius 1 is 1.29 bits per heavy atom. The van der Waals surface area contributed by atoms with Crippen LogP contribution in [-0.4, -0.2) is 55.8 Å². The second kappa shape index (κ2) is 6.62. The Kier molecular flexibility index (Phi) is 4.60. The molecule has 0 aromatic carbocycles. The number of aryl methyl sites for hydroxylation is 1. The average molecular weight is 306 g/mol. The van der Waals surface area contributed by atoms with Crippen LogP contribution in [-0.2, 0) is 13.6 Å². The molecule has 3 rings (SSSR count). The van der Waals surface area contributed by atoms with Gasteiger partial charge in [0.05, 0.1) is 18.1 Å². The first-order valence-electron chi connectivity index (χ1n) is 7.50. The summed E-state index contributed by atoms with van der Waals surface area (Å²) < 4.78 is 1.82. The molecule has 21 heavy (non-hydrogen) atoms. The van der Waals surface area contributed by atoms with Gasteiger partial charge in [-0.1, -0.05) is 6.92 Å². The minimum atomic E-state index is 0.822. The molecule has 1 saturated heterocycles. The highest BCUT2D eigenvalue weighted by atomic mass is 32.2. The minimum absolute atomic E-state index is 0.822. The van der Waals surface area contributed by atoms with Gasteiger partial charge in [-0.15, -0.1) is 0 Å². The highest BCUT2D eigenvalue weighted by molar-refractivity contribution is 7.99. The molecular weight excluding hydrogens is 284 g/mol. The predicted octanol–water partition coefficient (Wildman–Crippen LogP) is 1.73. The van der Waals surface area contributed by atoms with E-state index in [4.69, 9.17) is 9.97 Å². The molecule has 0 bridgehead atoms. The Hall–Kier alpha value is -1.34. The van der Waals surface area contributed by atoms with Crippen LogP contribution in [0.3, 0.4) is 0 Å². The third-order valence-corrected chi connectivity index (χ3v) is 4.59. The molecule has 7 heteroatoms. The zero-order valence-corrected chi connectivity index (χ0v) is 13.5. The Morgan fingerprint density at radius 3 is 2.86 bits per heavy atom. The average Bonchev–Trinajstić information content (AvgIpc) is 2.88. The molecule has 0 saturated carbocycles. The molecular formula is C14H22N6S. The van der Waals surface area contributed by atoms with Crippen LogP contribution < -0.4 is 5.32 Å². The van der Waals surface area contributed by atoms with E-state index < -0.39 is 0 Å². The molecule has 0 aliphatic carbocycles. The van der Waals surface area contributed by atoms with Gasteiger partial charge in [-0.3, -0.25) is 9.58 Å². The van der Waals surface area contributed by atoms with E-state index >= 15 is 0 Å². The molecule has 6 nitrogen and oxygen atoms in total. The van der Waals surface area contributed by atoms with Crippen molar-refractivity contribution in [1.29, 1.82) is 0 Å². The van der Waals surface area contributed by atoms with Gasteiger partial charge in [-0.05, 0) is 6.42 Å². The van der Waals surface area contributed by atoms with Gasteiger partial charge in [0.2, 0.25) is 0 Å². The molecule has 2 aromatic heterocycles. The first-order valence-corrected chi connectivity index (χ1v) is 8.66. The summed E-state index contributed by atoms with van der Waals surface area (Å²) in [4.78, 5) is 11.8. The zero-order valence-electron chi connectivity index (χ0n) is 12.7. The zero-order chi connectivity index (χ0) is 14.7. The summed E-state index contributed by atoms with van der Waals surface area (Å²) in [6.45, 7) is 6.13. The number of nitrogens with one attached hydrogen (secondary N) is 1. The summed E-state index contributed by atoms with van der Waals surface area (Å²) in [5, 5.41) is 8.71.